The lowest BCUT2D eigenvalue weighted by Crippen LogP contribution is -2.17. The van der Waals surface area contributed by atoms with Gasteiger partial charge in [0.1, 0.15) is 6.61 Å². The molecule has 6 heteroatoms. The molecule has 0 saturated carbocycles. The first kappa shape index (κ1) is 20.6. The second-order valence-corrected chi connectivity index (χ2v) is 7.31. The van der Waals surface area contributed by atoms with E-state index in [4.69, 9.17) is 9.47 Å². The van der Waals surface area contributed by atoms with Crippen LogP contribution >= 0.6 is 15.9 Å². The van der Waals surface area contributed by atoms with Crippen LogP contribution in [0.15, 0.2) is 76.3 Å². The number of carbonyl (C=O) groups excluding carboxylic acids is 1. The molecule has 148 valence electrons. The van der Waals surface area contributed by atoms with Crippen LogP contribution in [0.4, 0.5) is 0 Å². The third-order valence-electron chi connectivity index (χ3n) is 4.16. The van der Waals surface area contributed by atoms with E-state index in [1.807, 2.05) is 61.5 Å². The van der Waals surface area contributed by atoms with Gasteiger partial charge in [-0.2, -0.15) is 5.10 Å². The van der Waals surface area contributed by atoms with Crippen LogP contribution in [0.1, 0.15) is 27.0 Å². The normalized spacial score (nSPS) is 10.7. The molecule has 3 rings (SSSR count). The number of amides is 1. The number of hydrazone groups is 1. The van der Waals surface area contributed by atoms with E-state index in [1.54, 1.807) is 25.5 Å². The predicted octanol–water partition coefficient (Wildman–Crippen LogP) is 5.11. The van der Waals surface area contributed by atoms with Crippen molar-refractivity contribution < 1.29 is 14.3 Å². The monoisotopic (exact) mass is 452 g/mol. The second-order valence-electron chi connectivity index (χ2n) is 6.39. The van der Waals surface area contributed by atoms with Gasteiger partial charge in [0.15, 0.2) is 11.5 Å². The van der Waals surface area contributed by atoms with Crippen molar-refractivity contribution >= 4 is 28.1 Å². The molecule has 29 heavy (non-hydrogen) atoms. The molecule has 0 saturated heterocycles. The maximum atomic E-state index is 12.1. The molecular formula is C23H21BrN2O3. The van der Waals surface area contributed by atoms with Crippen LogP contribution in [-0.4, -0.2) is 19.2 Å². The van der Waals surface area contributed by atoms with Crippen LogP contribution in [0, 0.1) is 6.92 Å². The summed E-state index contributed by atoms with van der Waals surface area (Å²) in [7, 11) is 1.59. The summed E-state index contributed by atoms with van der Waals surface area (Å²) in [6.45, 7) is 2.37. The van der Waals surface area contributed by atoms with E-state index in [-0.39, 0.29) is 5.91 Å². The Morgan fingerprint density at radius 3 is 2.59 bits per heavy atom. The van der Waals surface area contributed by atoms with Crippen molar-refractivity contribution in [3.63, 3.8) is 0 Å². The van der Waals surface area contributed by atoms with Gasteiger partial charge in [-0.3, -0.25) is 4.79 Å². The van der Waals surface area contributed by atoms with E-state index < -0.39 is 0 Å². The summed E-state index contributed by atoms with van der Waals surface area (Å²) in [4.78, 5) is 12.1. The minimum absolute atomic E-state index is 0.258. The standard InChI is InChI=1S/C23H21BrN2O3/c1-16-4-3-5-19(12-16)23(27)26-25-14-18-8-11-21(22(13-18)28-2)29-15-17-6-9-20(24)10-7-17/h3-14H,15H2,1-2H3,(H,26,27)/b25-14+. The number of halogens is 1. The lowest BCUT2D eigenvalue weighted by molar-refractivity contribution is 0.0955. The lowest BCUT2D eigenvalue weighted by Gasteiger charge is -2.11. The topological polar surface area (TPSA) is 59.9 Å². The van der Waals surface area contributed by atoms with E-state index in [9.17, 15) is 4.79 Å². The molecule has 0 aliphatic rings. The number of nitrogens with one attached hydrogen (secondary N) is 1. The van der Waals surface area contributed by atoms with Crippen molar-refractivity contribution in [3.8, 4) is 11.5 Å². The number of aryl methyl sites for hydroxylation is 1. The summed E-state index contributed by atoms with van der Waals surface area (Å²) >= 11 is 3.42. The third kappa shape index (κ3) is 5.93. The van der Waals surface area contributed by atoms with Crippen molar-refractivity contribution in [3.05, 3.63) is 93.5 Å². The SMILES string of the molecule is COc1cc(/C=N/NC(=O)c2cccc(C)c2)ccc1OCc1ccc(Br)cc1. The smallest absolute Gasteiger partial charge is 0.271 e. The van der Waals surface area contributed by atoms with Crippen molar-refractivity contribution in [2.24, 2.45) is 5.10 Å². The highest BCUT2D eigenvalue weighted by molar-refractivity contribution is 9.10. The van der Waals surface area contributed by atoms with Crippen molar-refractivity contribution in [2.75, 3.05) is 7.11 Å². The molecule has 5 nitrogen and oxygen atoms in total. The Kier molecular flexibility index (Phi) is 7.03. The largest absolute Gasteiger partial charge is 0.493 e. The van der Waals surface area contributed by atoms with E-state index in [1.165, 1.54) is 0 Å². The number of benzene rings is 3. The first-order chi connectivity index (χ1) is 14.0. The average molecular weight is 453 g/mol. The first-order valence-electron chi connectivity index (χ1n) is 9.00. The Morgan fingerprint density at radius 2 is 1.86 bits per heavy atom. The Hall–Kier alpha value is -3.12. The number of rotatable bonds is 7. The highest BCUT2D eigenvalue weighted by atomic mass is 79.9. The van der Waals surface area contributed by atoms with E-state index in [0.717, 1.165) is 21.2 Å². The Bertz CT molecular complexity index is 1020. The highest BCUT2D eigenvalue weighted by Gasteiger charge is 2.07. The number of carbonyl (C=O) groups is 1. The summed E-state index contributed by atoms with van der Waals surface area (Å²) in [5, 5.41) is 4.03. The molecular weight excluding hydrogens is 432 g/mol. The molecule has 3 aromatic carbocycles. The van der Waals surface area contributed by atoms with Crippen LogP contribution < -0.4 is 14.9 Å². The van der Waals surface area contributed by atoms with Gasteiger partial charge in [0, 0.05) is 10.0 Å². The Morgan fingerprint density at radius 1 is 1.07 bits per heavy atom. The molecule has 0 heterocycles. The quantitative estimate of drug-likeness (QED) is 0.400. The molecule has 1 N–H and O–H groups in total. The van der Waals surface area contributed by atoms with Crippen LogP contribution in [0.3, 0.4) is 0 Å². The zero-order chi connectivity index (χ0) is 20.6. The van der Waals surface area contributed by atoms with Crippen molar-refractivity contribution in [1.29, 1.82) is 0 Å². The van der Waals surface area contributed by atoms with Crippen LogP contribution in [0.2, 0.25) is 0 Å². The van der Waals surface area contributed by atoms with Gasteiger partial charge in [0.25, 0.3) is 5.91 Å². The Balaban J connectivity index is 1.62. The van der Waals surface area contributed by atoms with Crippen LogP contribution in [-0.2, 0) is 6.61 Å². The molecule has 0 spiro atoms. The molecule has 0 aliphatic carbocycles. The van der Waals surface area contributed by atoms with Gasteiger partial charge >= 0.3 is 0 Å². The van der Waals surface area contributed by atoms with E-state index >= 15 is 0 Å². The first-order valence-corrected chi connectivity index (χ1v) is 9.80. The van der Waals surface area contributed by atoms with Gasteiger partial charge in [-0.25, -0.2) is 5.43 Å². The summed E-state index contributed by atoms with van der Waals surface area (Å²) in [6, 6.07) is 20.7. The minimum atomic E-state index is -0.258. The summed E-state index contributed by atoms with van der Waals surface area (Å²) in [6.07, 6.45) is 1.56. The number of hydrogen-bond donors (Lipinski definition) is 1. The molecule has 1 amide bonds. The fourth-order valence-corrected chi connectivity index (χ4v) is 2.91. The number of methoxy groups -OCH3 is 1. The molecule has 0 atom stereocenters. The molecule has 0 aromatic heterocycles. The fraction of sp³-hybridized carbons (Fsp3) is 0.130. The number of nitrogens with zero attached hydrogens (tertiary/aromatic N) is 1. The highest BCUT2D eigenvalue weighted by Crippen LogP contribution is 2.28. The minimum Gasteiger partial charge on any atom is -0.493 e. The van der Waals surface area contributed by atoms with Gasteiger partial charge in [-0.15, -0.1) is 0 Å². The van der Waals surface area contributed by atoms with Gasteiger partial charge in [0.05, 0.1) is 13.3 Å². The fourth-order valence-electron chi connectivity index (χ4n) is 2.64. The maximum absolute atomic E-state index is 12.1. The third-order valence-corrected chi connectivity index (χ3v) is 4.68. The number of ether oxygens (including phenoxy) is 2. The van der Waals surface area contributed by atoms with E-state index in [2.05, 4.69) is 26.5 Å². The maximum Gasteiger partial charge on any atom is 0.271 e. The average Bonchev–Trinajstić information content (AvgIpc) is 2.73. The van der Waals surface area contributed by atoms with Crippen molar-refractivity contribution in [1.82, 2.24) is 5.43 Å². The summed E-state index contributed by atoms with van der Waals surface area (Å²) in [5.41, 5.74) is 5.95. The van der Waals surface area contributed by atoms with Crippen molar-refractivity contribution in [2.45, 2.75) is 13.5 Å². The van der Waals surface area contributed by atoms with E-state index in [0.29, 0.717) is 23.7 Å². The summed E-state index contributed by atoms with van der Waals surface area (Å²) < 4.78 is 12.3. The predicted molar refractivity (Wildman–Crippen MR) is 118 cm³/mol. The Labute approximate surface area is 178 Å². The van der Waals surface area contributed by atoms with Gasteiger partial charge < -0.3 is 9.47 Å². The number of hydrogen-bond acceptors (Lipinski definition) is 4. The van der Waals surface area contributed by atoms with Gasteiger partial charge in [-0.05, 0) is 60.5 Å². The molecule has 0 radical (unpaired) electrons. The van der Waals surface area contributed by atoms with Crippen LogP contribution in [0.5, 0.6) is 11.5 Å². The molecule has 0 unspecified atom stereocenters. The molecule has 3 aromatic rings. The van der Waals surface area contributed by atoms with Gasteiger partial charge in [0.2, 0.25) is 0 Å². The molecule has 0 fully saturated rings. The second kappa shape index (κ2) is 9.89. The zero-order valence-electron chi connectivity index (χ0n) is 16.2. The summed E-state index contributed by atoms with van der Waals surface area (Å²) in [5.74, 6) is 0.971. The zero-order valence-corrected chi connectivity index (χ0v) is 17.8. The van der Waals surface area contributed by atoms with Crippen LogP contribution in [0.25, 0.3) is 0 Å². The molecule has 0 bridgehead atoms. The van der Waals surface area contributed by atoms with Gasteiger partial charge in [-0.1, -0.05) is 45.8 Å². The molecule has 0 aliphatic heterocycles. The lowest BCUT2D eigenvalue weighted by atomic mass is 10.1.